The van der Waals surface area contributed by atoms with E-state index < -0.39 is 0 Å². The van der Waals surface area contributed by atoms with Crippen LogP contribution in [-0.4, -0.2) is 29.3 Å². The van der Waals surface area contributed by atoms with Gasteiger partial charge in [0.05, 0.1) is 6.04 Å². The second-order valence-corrected chi connectivity index (χ2v) is 5.28. The zero-order chi connectivity index (χ0) is 13.2. The molecule has 2 saturated heterocycles. The number of piperazine rings is 1. The van der Waals surface area contributed by atoms with Crippen molar-refractivity contribution in [1.82, 2.24) is 10.2 Å². The SMILES string of the molecule is O=C1NC(c2ccccc2)CN2C(=O)CCCCC12. The molecule has 2 amide bonds. The number of hydrogen-bond donors (Lipinski definition) is 1. The smallest absolute Gasteiger partial charge is 0.243 e. The van der Waals surface area contributed by atoms with Crippen molar-refractivity contribution in [1.29, 1.82) is 0 Å². The Balaban J connectivity index is 1.85. The van der Waals surface area contributed by atoms with Gasteiger partial charge >= 0.3 is 0 Å². The van der Waals surface area contributed by atoms with Gasteiger partial charge in [-0.1, -0.05) is 36.8 Å². The molecule has 2 unspecified atom stereocenters. The summed E-state index contributed by atoms with van der Waals surface area (Å²) in [5.74, 6) is 0.119. The quantitative estimate of drug-likeness (QED) is 0.832. The van der Waals surface area contributed by atoms with Gasteiger partial charge in [0.15, 0.2) is 0 Å². The highest BCUT2D eigenvalue weighted by Crippen LogP contribution is 2.26. The van der Waals surface area contributed by atoms with Gasteiger partial charge in [0, 0.05) is 13.0 Å². The second-order valence-electron chi connectivity index (χ2n) is 5.28. The Labute approximate surface area is 112 Å². The predicted octanol–water partition coefficient (Wildman–Crippen LogP) is 1.63. The van der Waals surface area contributed by atoms with E-state index in [9.17, 15) is 9.59 Å². The van der Waals surface area contributed by atoms with Crippen LogP contribution in [0.4, 0.5) is 0 Å². The summed E-state index contributed by atoms with van der Waals surface area (Å²) < 4.78 is 0. The monoisotopic (exact) mass is 258 g/mol. The first kappa shape index (κ1) is 12.2. The molecule has 19 heavy (non-hydrogen) atoms. The third-order valence-electron chi connectivity index (χ3n) is 4.02. The van der Waals surface area contributed by atoms with E-state index in [2.05, 4.69) is 5.32 Å². The number of nitrogens with zero attached hydrogens (tertiary/aromatic N) is 1. The van der Waals surface area contributed by atoms with E-state index in [0.717, 1.165) is 24.8 Å². The van der Waals surface area contributed by atoms with Crippen LogP contribution in [0.5, 0.6) is 0 Å². The normalized spacial score (nSPS) is 27.5. The van der Waals surface area contributed by atoms with Gasteiger partial charge in [-0.25, -0.2) is 0 Å². The second kappa shape index (κ2) is 5.03. The number of amides is 2. The predicted molar refractivity (Wildman–Crippen MR) is 71.3 cm³/mol. The number of rotatable bonds is 1. The summed E-state index contributed by atoms with van der Waals surface area (Å²) in [7, 11) is 0. The van der Waals surface area contributed by atoms with Crippen molar-refractivity contribution in [3.63, 3.8) is 0 Å². The van der Waals surface area contributed by atoms with E-state index in [4.69, 9.17) is 0 Å². The molecule has 0 aliphatic carbocycles. The molecule has 2 aliphatic rings. The zero-order valence-electron chi connectivity index (χ0n) is 10.8. The number of carbonyl (C=O) groups excluding carboxylic acids is 2. The summed E-state index contributed by atoms with van der Waals surface area (Å²) in [6.45, 7) is 0.596. The Bertz CT molecular complexity index is 486. The van der Waals surface area contributed by atoms with Crippen molar-refractivity contribution in [3.8, 4) is 0 Å². The lowest BCUT2D eigenvalue weighted by Gasteiger charge is -2.38. The van der Waals surface area contributed by atoms with Crippen molar-refractivity contribution in [2.24, 2.45) is 0 Å². The molecule has 2 atom stereocenters. The molecule has 3 rings (SSSR count). The Morgan fingerprint density at radius 1 is 1.11 bits per heavy atom. The van der Waals surface area contributed by atoms with Crippen molar-refractivity contribution >= 4 is 11.8 Å². The van der Waals surface area contributed by atoms with Gasteiger partial charge in [0.25, 0.3) is 0 Å². The van der Waals surface area contributed by atoms with Gasteiger partial charge in [-0.15, -0.1) is 0 Å². The number of benzene rings is 1. The van der Waals surface area contributed by atoms with Crippen molar-refractivity contribution < 1.29 is 9.59 Å². The molecule has 2 aliphatic heterocycles. The summed E-state index contributed by atoms with van der Waals surface area (Å²) >= 11 is 0. The van der Waals surface area contributed by atoms with E-state index >= 15 is 0 Å². The standard InChI is InChI=1S/C15H18N2O2/c18-14-9-5-4-8-13-15(19)16-12(10-17(13)14)11-6-2-1-3-7-11/h1-3,6-7,12-13H,4-5,8-10H2,(H,16,19). The van der Waals surface area contributed by atoms with E-state index in [1.807, 2.05) is 30.3 Å². The molecular formula is C15H18N2O2. The third-order valence-corrected chi connectivity index (χ3v) is 4.02. The lowest BCUT2D eigenvalue weighted by molar-refractivity contribution is -0.144. The van der Waals surface area contributed by atoms with Gasteiger partial charge in [-0.2, -0.15) is 0 Å². The minimum Gasteiger partial charge on any atom is -0.346 e. The molecular weight excluding hydrogens is 240 g/mol. The van der Waals surface area contributed by atoms with Crippen LogP contribution in [0.3, 0.4) is 0 Å². The summed E-state index contributed by atoms with van der Waals surface area (Å²) in [6.07, 6.45) is 3.22. The van der Waals surface area contributed by atoms with Gasteiger partial charge in [-0.05, 0) is 18.4 Å². The van der Waals surface area contributed by atoms with Crippen LogP contribution in [0.2, 0.25) is 0 Å². The lowest BCUT2D eigenvalue weighted by Crippen LogP contribution is -2.57. The van der Waals surface area contributed by atoms with Gasteiger partial charge < -0.3 is 10.2 Å². The summed E-state index contributed by atoms with van der Waals surface area (Å²) in [5.41, 5.74) is 1.06. The average Bonchev–Trinajstić information content (AvgIpc) is 2.63. The number of nitrogens with one attached hydrogen (secondary N) is 1. The van der Waals surface area contributed by atoms with E-state index in [0.29, 0.717) is 13.0 Å². The maximum Gasteiger partial charge on any atom is 0.243 e. The Morgan fingerprint density at radius 2 is 1.89 bits per heavy atom. The Kier molecular flexibility index (Phi) is 3.23. The Morgan fingerprint density at radius 3 is 2.68 bits per heavy atom. The van der Waals surface area contributed by atoms with Crippen LogP contribution in [0.15, 0.2) is 30.3 Å². The van der Waals surface area contributed by atoms with Crippen LogP contribution in [-0.2, 0) is 9.59 Å². The van der Waals surface area contributed by atoms with E-state index in [-0.39, 0.29) is 23.9 Å². The fraction of sp³-hybridized carbons (Fsp3) is 0.467. The highest BCUT2D eigenvalue weighted by atomic mass is 16.2. The van der Waals surface area contributed by atoms with E-state index in [1.165, 1.54) is 0 Å². The molecule has 100 valence electrons. The molecule has 4 heteroatoms. The minimum absolute atomic E-state index is 0.00430. The third kappa shape index (κ3) is 2.35. The number of hydrogen-bond acceptors (Lipinski definition) is 2. The maximum absolute atomic E-state index is 12.2. The van der Waals surface area contributed by atoms with Crippen LogP contribution in [0.1, 0.15) is 37.3 Å². The summed E-state index contributed by atoms with van der Waals surface area (Å²) in [6, 6.07) is 9.52. The minimum atomic E-state index is -0.255. The van der Waals surface area contributed by atoms with Gasteiger partial charge in [0.2, 0.25) is 11.8 Å². The van der Waals surface area contributed by atoms with Crippen molar-refractivity contribution in [2.75, 3.05) is 6.54 Å². The molecule has 0 saturated carbocycles. The number of carbonyl (C=O) groups is 2. The van der Waals surface area contributed by atoms with Crippen LogP contribution >= 0.6 is 0 Å². The fourth-order valence-corrected chi connectivity index (χ4v) is 2.97. The molecule has 1 N–H and O–H groups in total. The zero-order valence-corrected chi connectivity index (χ0v) is 10.8. The van der Waals surface area contributed by atoms with Crippen LogP contribution < -0.4 is 5.32 Å². The molecule has 1 aromatic rings. The molecule has 0 spiro atoms. The first-order valence-corrected chi connectivity index (χ1v) is 6.90. The molecule has 0 radical (unpaired) electrons. The molecule has 1 aromatic carbocycles. The van der Waals surface area contributed by atoms with Crippen molar-refractivity contribution in [3.05, 3.63) is 35.9 Å². The molecule has 2 fully saturated rings. The molecule has 0 aromatic heterocycles. The van der Waals surface area contributed by atoms with Crippen LogP contribution in [0.25, 0.3) is 0 Å². The largest absolute Gasteiger partial charge is 0.346 e. The summed E-state index contributed by atoms with van der Waals surface area (Å²) in [4.78, 5) is 26.1. The maximum atomic E-state index is 12.2. The fourth-order valence-electron chi connectivity index (χ4n) is 2.97. The lowest BCUT2D eigenvalue weighted by atomic mass is 10.00. The highest BCUT2D eigenvalue weighted by Gasteiger charge is 2.38. The summed E-state index contributed by atoms with van der Waals surface area (Å²) in [5, 5.41) is 3.05. The topological polar surface area (TPSA) is 49.4 Å². The molecule has 2 heterocycles. The highest BCUT2D eigenvalue weighted by molar-refractivity contribution is 5.89. The van der Waals surface area contributed by atoms with Crippen molar-refractivity contribution in [2.45, 2.75) is 37.8 Å². The Hall–Kier alpha value is -1.84. The van der Waals surface area contributed by atoms with Gasteiger partial charge in [-0.3, -0.25) is 9.59 Å². The van der Waals surface area contributed by atoms with Crippen LogP contribution in [0, 0.1) is 0 Å². The van der Waals surface area contributed by atoms with E-state index in [1.54, 1.807) is 4.90 Å². The van der Waals surface area contributed by atoms with Gasteiger partial charge in [0.1, 0.15) is 6.04 Å². The molecule has 4 nitrogen and oxygen atoms in total. The first-order chi connectivity index (χ1) is 9.25. The first-order valence-electron chi connectivity index (χ1n) is 6.90. The molecule has 0 bridgehead atoms. The average molecular weight is 258 g/mol. The number of fused-ring (bicyclic) bond motifs is 1.